The minimum Gasteiger partial charge on any atom is -0.337 e. The second-order valence-corrected chi connectivity index (χ2v) is 9.28. The predicted molar refractivity (Wildman–Crippen MR) is 120 cm³/mol. The normalized spacial score (nSPS) is 28.2. The van der Waals surface area contributed by atoms with Crippen LogP contribution >= 0.6 is 0 Å². The van der Waals surface area contributed by atoms with Crippen molar-refractivity contribution in [3.8, 4) is 0 Å². The van der Waals surface area contributed by atoms with E-state index in [1.54, 1.807) is 29.0 Å². The lowest BCUT2D eigenvalue weighted by atomic mass is 9.98. The maximum Gasteiger partial charge on any atom is 0.321 e. The van der Waals surface area contributed by atoms with Crippen molar-refractivity contribution in [1.82, 2.24) is 30.1 Å². The van der Waals surface area contributed by atoms with Crippen molar-refractivity contribution in [3.63, 3.8) is 0 Å². The largest absolute Gasteiger partial charge is 0.337 e. The van der Waals surface area contributed by atoms with Crippen LogP contribution in [0.15, 0.2) is 42.7 Å². The van der Waals surface area contributed by atoms with E-state index in [4.69, 9.17) is 0 Å². The molecule has 2 saturated heterocycles. The molecule has 1 unspecified atom stereocenters. The zero-order chi connectivity index (χ0) is 24.3. The molecule has 0 spiro atoms. The van der Waals surface area contributed by atoms with E-state index in [0.29, 0.717) is 16.9 Å². The van der Waals surface area contributed by atoms with Gasteiger partial charge in [-0.15, -0.1) is 0 Å². The van der Waals surface area contributed by atoms with Gasteiger partial charge in [0.05, 0.1) is 24.7 Å². The fourth-order valence-electron chi connectivity index (χ4n) is 5.03. The fourth-order valence-corrected chi connectivity index (χ4v) is 5.03. The molecule has 3 fully saturated rings. The van der Waals surface area contributed by atoms with E-state index < -0.39 is 30.2 Å². The number of rotatable bonds is 4. The van der Waals surface area contributed by atoms with Gasteiger partial charge in [-0.3, -0.25) is 14.9 Å². The van der Waals surface area contributed by atoms with E-state index in [1.165, 1.54) is 4.90 Å². The van der Waals surface area contributed by atoms with Gasteiger partial charge in [-0.25, -0.2) is 23.1 Å². The number of carbonyl (C=O) groups excluding carboxylic acids is 3. The molecule has 1 saturated carbocycles. The first-order valence-corrected chi connectivity index (χ1v) is 11.5. The van der Waals surface area contributed by atoms with Crippen LogP contribution in [0.3, 0.4) is 0 Å². The number of imide groups is 1. The Morgan fingerprint density at radius 3 is 2.51 bits per heavy atom. The van der Waals surface area contributed by atoms with Crippen LogP contribution in [-0.2, 0) is 4.79 Å². The van der Waals surface area contributed by atoms with Gasteiger partial charge in [-0.1, -0.05) is 12.1 Å². The first kappa shape index (κ1) is 21.6. The lowest BCUT2D eigenvalue weighted by molar-refractivity contribution is -0.122. The van der Waals surface area contributed by atoms with E-state index >= 15 is 0 Å². The van der Waals surface area contributed by atoms with Gasteiger partial charge in [0.2, 0.25) is 5.91 Å². The van der Waals surface area contributed by atoms with E-state index in [2.05, 4.69) is 20.7 Å². The number of hydrogen-bond acceptors (Lipinski definition) is 5. The number of urea groups is 1. The Labute approximate surface area is 198 Å². The summed E-state index contributed by atoms with van der Waals surface area (Å²) in [6.07, 6.45) is 0.976. The number of likely N-dealkylation sites (tertiary alicyclic amines) is 1. The number of nitrogens with zero attached hydrogens (tertiary/aromatic N) is 4. The highest BCUT2D eigenvalue weighted by atomic mass is 19.2. The number of nitrogens with one attached hydrogen (secondary N) is 2. The molecule has 0 bridgehead atoms. The third-order valence-corrected chi connectivity index (χ3v) is 7.03. The highest BCUT2D eigenvalue weighted by Gasteiger charge is 2.42. The number of alkyl halides is 2. The zero-order valence-electron chi connectivity index (χ0n) is 18.5. The molecule has 2 N–H and O–H groups in total. The Kier molecular flexibility index (Phi) is 5.01. The Morgan fingerprint density at radius 1 is 1.06 bits per heavy atom. The molecule has 2 aromatic heterocycles. The minimum atomic E-state index is -1.63. The highest BCUT2D eigenvalue weighted by molar-refractivity contribution is 6.00. The minimum absolute atomic E-state index is 0.155. The lowest BCUT2D eigenvalue weighted by Gasteiger charge is -2.22. The molecule has 2 aliphatic heterocycles. The van der Waals surface area contributed by atoms with E-state index in [0.717, 1.165) is 17.5 Å². The summed E-state index contributed by atoms with van der Waals surface area (Å²) in [5.41, 5.74) is 3.68. The van der Waals surface area contributed by atoms with Crippen molar-refractivity contribution in [2.75, 3.05) is 19.6 Å². The molecule has 9 nitrogen and oxygen atoms in total. The summed E-state index contributed by atoms with van der Waals surface area (Å²) >= 11 is 0. The van der Waals surface area contributed by atoms with Crippen LogP contribution in [0.1, 0.15) is 51.4 Å². The monoisotopic (exact) mass is 480 g/mol. The van der Waals surface area contributed by atoms with E-state index in [1.807, 2.05) is 18.2 Å². The quantitative estimate of drug-likeness (QED) is 0.594. The van der Waals surface area contributed by atoms with Gasteiger partial charge < -0.3 is 10.2 Å². The maximum atomic E-state index is 13.5. The highest BCUT2D eigenvalue weighted by Crippen LogP contribution is 2.55. The molecule has 3 aliphatic rings. The molecular formula is C24H22F2N6O3. The zero-order valence-corrected chi connectivity index (χ0v) is 18.5. The topological polar surface area (TPSA) is 109 Å². The van der Waals surface area contributed by atoms with Gasteiger partial charge in [-0.2, -0.15) is 5.10 Å². The first-order valence-electron chi connectivity index (χ1n) is 11.5. The van der Waals surface area contributed by atoms with Gasteiger partial charge in [0.25, 0.3) is 5.91 Å². The molecule has 4 amide bonds. The molecular weight excluding hydrogens is 458 g/mol. The molecule has 6 rings (SSSR count). The summed E-state index contributed by atoms with van der Waals surface area (Å²) in [5.74, 6) is -1.01. The third kappa shape index (κ3) is 3.80. The van der Waals surface area contributed by atoms with Gasteiger partial charge in [0, 0.05) is 30.1 Å². The second kappa shape index (κ2) is 8.10. The molecule has 1 aromatic carbocycles. The Hall–Kier alpha value is -3.89. The number of amides is 4. The maximum absolute atomic E-state index is 13.5. The molecule has 3 aromatic rings. The van der Waals surface area contributed by atoms with Crippen molar-refractivity contribution < 1.29 is 23.2 Å². The summed E-state index contributed by atoms with van der Waals surface area (Å²) in [4.78, 5) is 42.0. The lowest BCUT2D eigenvalue weighted by Crippen LogP contribution is -2.51. The Bertz CT molecular complexity index is 1330. The summed E-state index contributed by atoms with van der Waals surface area (Å²) in [5, 5.41) is 9.44. The number of benzene rings is 1. The molecule has 35 heavy (non-hydrogen) atoms. The van der Waals surface area contributed by atoms with Crippen molar-refractivity contribution in [2.24, 2.45) is 0 Å². The molecule has 4 heterocycles. The average molecular weight is 480 g/mol. The van der Waals surface area contributed by atoms with Gasteiger partial charge in [0.15, 0.2) is 18.0 Å². The molecule has 5 atom stereocenters. The summed E-state index contributed by atoms with van der Waals surface area (Å²) in [6, 6.07) is 8.53. The average Bonchev–Trinajstić information content (AvgIpc) is 3.37. The smallest absolute Gasteiger partial charge is 0.321 e. The van der Waals surface area contributed by atoms with Crippen LogP contribution in [0.2, 0.25) is 0 Å². The molecule has 0 radical (unpaired) electrons. The van der Waals surface area contributed by atoms with Gasteiger partial charge in [0.1, 0.15) is 0 Å². The standard InChI is InChI=1S/C24H22F2N6O3/c25-18-10-31(11-19(18)26)23(34)13-3-1-12(2-4-13)14-7-15(14)16-8-20(30-32-6-5-27-21(16)32)17-9-28-24(35)29-22(17)33/h1-6,8,14-15,17-19H,7,9-11H2,(H2,28,29,33,35)/t14-,15+,17?,18-,19-/m1/s1. The van der Waals surface area contributed by atoms with Crippen molar-refractivity contribution in [1.29, 1.82) is 0 Å². The summed E-state index contributed by atoms with van der Waals surface area (Å²) < 4.78 is 28.6. The molecule has 180 valence electrons. The second-order valence-electron chi connectivity index (χ2n) is 9.28. The number of imidazole rings is 1. The fraction of sp³-hybridized carbons (Fsp3) is 0.375. The number of hydrogen-bond donors (Lipinski definition) is 2. The summed E-state index contributed by atoms with van der Waals surface area (Å²) in [6.45, 7) is -0.274. The van der Waals surface area contributed by atoms with Gasteiger partial charge in [-0.05, 0) is 42.0 Å². The molecule has 11 heteroatoms. The van der Waals surface area contributed by atoms with Crippen molar-refractivity contribution >= 4 is 23.5 Å². The number of fused-ring (bicyclic) bond motifs is 1. The van der Waals surface area contributed by atoms with Crippen LogP contribution in [-0.4, -0.2) is 69.3 Å². The van der Waals surface area contributed by atoms with Crippen LogP contribution in [0, 0.1) is 0 Å². The van der Waals surface area contributed by atoms with Crippen LogP contribution < -0.4 is 10.6 Å². The van der Waals surface area contributed by atoms with E-state index in [9.17, 15) is 23.2 Å². The third-order valence-electron chi connectivity index (χ3n) is 7.03. The van der Waals surface area contributed by atoms with Gasteiger partial charge >= 0.3 is 6.03 Å². The Balaban J connectivity index is 1.22. The van der Waals surface area contributed by atoms with Crippen LogP contribution in [0.4, 0.5) is 13.6 Å². The Morgan fingerprint density at radius 2 is 1.80 bits per heavy atom. The van der Waals surface area contributed by atoms with E-state index in [-0.39, 0.29) is 37.4 Å². The van der Waals surface area contributed by atoms with Crippen LogP contribution in [0.5, 0.6) is 0 Å². The number of carbonyl (C=O) groups is 3. The van der Waals surface area contributed by atoms with Crippen molar-refractivity contribution in [2.45, 2.75) is 36.5 Å². The van der Waals surface area contributed by atoms with Crippen molar-refractivity contribution in [3.05, 3.63) is 65.1 Å². The first-order chi connectivity index (χ1) is 16.9. The number of halogens is 2. The molecule has 1 aliphatic carbocycles. The van der Waals surface area contributed by atoms with Crippen LogP contribution in [0.25, 0.3) is 5.65 Å². The summed E-state index contributed by atoms with van der Waals surface area (Å²) in [7, 11) is 0. The SMILES string of the molecule is O=C1NCC(c2cc([C@H]3C[C@@H]3c3ccc(C(=O)N4C[C@@H](F)[C@H](F)C4)cc3)c3nccn3n2)C(=O)N1. The number of aromatic nitrogens is 3. The predicted octanol–water partition coefficient (Wildman–Crippen LogP) is 2.06.